The van der Waals surface area contributed by atoms with Crippen molar-refractivity contribution in [2.24, 2.45) is 0 Å². The summed E-state index contributed by atoms with van der Waals surface area (Å²) in [6.45, 7) is 2.61. The van der Waals surface area contributed by atoms with Gasteiger partial charge in [0, 0.05) is 28.6 Å². The maximum Gasteiger partial charge on any atom is 0.256 e. The molecule has 4 rings (SSSR count). The van der Waals surface area contributed by atoms with Gasteiger partial charge in [-0.1, -0.05) is 46.3 Å². The zero-order chi connectivity index (χ0) is 18.3. The van der Waals surface area contributed by atoms with Crippen molar-refractivity contribution in [2.45, 2.75) is 25.8 Å². The lowest BCUT2D eigenvalue weighted by molar-refractivity contribution is 0.0952. The maximum atomic E-state index is 12.9. The molecule has 3 aromatic rings. The van der Waals surface area contributed by atoms with Gasteiger partial charge in [-0.3, -0.25) is 9.59 Å². The molecule has 26 heavy (non-hydrogen) atoms. The predicted octanol–water partition coefficient (Wildman–Crippen LogP) is 3.85. The number of carbonyl (C=O) groups is 1. The molecule has 2 heterocycles. The summed E-state index contributed by atoms with van der Waals surface area (Å²) in [5.74, 6) is -0.308. The second-order valence-corrected chi connectivity index (χ2v) is 7.70. The van der Waals surface area contributed by atoms with Crippen molar-refractivity contribution in [1.29, 1.82) is 0 Å². The number of benzene rings is 2. The summed E-state index contributed by atoms with van der Waals surface area (Å²) < 4.78 is 2.93. The Labute approximate surface area is 160 Å². The van der Waals surface area contributed by atoms with Gasteiger partial charge in [-0.05, 0) is 43.0 Å². The Morgan fingerprint density at radius 1 is 1.27 bits per heavy atom. The first-order valence-corrected chi connectivity index (χ1v) is 9.53. The number of rotatable bonds is 4. The van der Waals surface area contributed by atoms with E-state index in [9.17, 15) is 9.59 Å². The number of nitrogens with zero attached hydrogens (tertiary/aromatic N) is 1. The van der Waals surface area contributed by atoms with E-state index in [1.165, 1.54) is 0 Å². The van der Waals surface area contributed by atoms with E-state index in [4.69, 9.17) is 0 Å². The summed E-state index contributed by atoms with van der Waals surface area (Å²) in [7, 11) is 0. The van der Waals surface area contributed by atoms with Crippen LogP contribution in [0.2, 0.25) is 0 Å². The molecule has 0 spiro atoms. The van der Waals surface area contributed by atoms with Gasteiger partial charge < -0.3 is 9.88 Å². The second-order valence-electron chi connectivity index (χ2n) is 6.78. The van der Waals surface area contributed by atoms with Crippen LogP contribution in [0.3, 0.4) is 0 Å². The molecule has 0 aliphatic carbocycles. The topological polar surface area (TPSA) is 51.1 Å². The number of hydrogen-bond donors (Lipinski definition) is 1. The van der Waals surface area contributed by atoms with Crippen molar-refractivity contribution in [3.8, 4) is 0 Å². The largest absolute Gasteiger partial charge is 0.352 e. The summed E-state index contributed by atoms with van der Waals surface area (Å²) in [5, 5.41) is 3.49. The molecule has 1 aliphatic rings. The van der Waals surface area contributed by atoms with Crippen LogP contribution in [0.25, 0.3) is 10.9 Å². The molecule has 1 aromatic heterocycles. The maximum absolute atomic E-state index is 12.9. The van der Waals surface area contributed by atoms with Crippen LogP contribution in [0.4, 0.5) is 0 Å². The van der Waals surface area contributed by atoms with Crippen LogP contribution in [0, 0.1) is 0 Å². The number of pyridine rings is 1. The molecule has 1 N–H and O–H groups in total. The average molecular weight is 411 g/mol. The monoisotopic (exact) mass is 410 g/mol. The summed E-state index contributed by atoms with van der Waals surface area (Å²) >= 11 is 3.48. The Balaban J connectivity index is 1.64. The quantitative estimate of drug-likeness (QED) is 0.709. The highest BCUT2D eigenvalue weighted by atomic mass is 79.9. The van der Waals surface area contributed by atoms with Crippen molar-refractivity contribution >= 4 is 32.7 Å². The first-order chi connectivity index (χ1) is 12.5. The molecule has 1 amide bonds. The lowest BCUT2D eigenvalue weighted by atomic mass is 10.1. The summed E-state index contributed by atoms with van der Waals surface area (Å²) in [6.07, 6.45) is 3.33. The molecule has 0 bridgehead atoms. The SMILES string of the molecule is C[C@@H]1Cc2cc(Br)cc3c(=O)c(C(=O)NCCc4ccccc4)cn1c23. The van der Waals surface area contributed by atoms with Gasteiger partial charge in [0.2, 0.25) is 5.43 Å². The van der Waals surface area contributed by atoms with Gasteiger partial charge in [0.15, 0.2) is 0 Å². The van der Waals surface area contributed by atoms with Crippen molar-refractivity contribution < 1.29 is 4.79 Å². The van der Waals surface area contributed by atoms with Crippen LogP contribution in [0.5, 0.6) is 0 Å². The number of halogens is 1. The molecule has 0 saturated carbocycles. The van der Waals surface area contributed by atoms with Gasteiger partial charge in [-0.25, -0.2) is 0 Å². The van der Waals surface area contributed by atoms with E-state index in [1.807, 2.05) is 36.4 Å². The van der Waals surface area contributed by atoms with Crippen LogP contribution >= 0.6 is 15.9 Å². The van der Waals surface area contributed by atoms with Gasteiger partial charge in [-0.15, -0.1) is 0 Å². The lowest BCUT2D eigenvalue weighted by Crippen LogP contribution is -2.31. The minimum atomic E-state index is -0.308. The van der Waals surface area contributed by atoms with Crippen LogP contribution in [0.15, 0.2) is 57.9 Å². The summed E-state index contributed by atoms with van der Waals surface area (Å²) in [5.41, 5.74) is 3.26. The van der Waals surface area contributed by atoms with Crippen molar-refractivity contribution in [3.63, 3.8) is 0 Å². The number of aromatic nitrogens is 1. The zero-order valence-electron chi connectivity index (χ0n) is 14.5. The Kier molecular flexibility index (Phi) is 4.41. The van der Waals surface area contributed by atoms with Crippen molar-refractivity contribution in [1.82, 2.24) is 9.88 Å². The van der Waals surface area contributed by atoms with Crippen LogP contribution < -0.4 is 10.7 Å². The minimum absolute atomic E-state index is 0.204. The van der Waals surface area contributed by atoms with Crippen LogP contribution in [0.1, 0.15) is 34.5 Å². The average Bonchev–Trinajstić information content (AvgIpc) is 2.94. The van der Waals surface area contributed by atoms with E-state index in [0.29, 0.717) is 11.9 Å². The van der Waals surface area contributed by atoms with Crippen LogP contribution in [-0.4, -0.2) is 17.0 Å². The Morgan fingerprint density at radius 3 is 2.81 bits per heavy atom. The smallest absolute Gasteiger partial charge is 0.256 e. The molecule has 0 fully saturated rings. The predicted molar refractivity (Wildman–Crippen MR) is 107 cm³/mol. The number of amides is 1. The van der Waals surface area contributed by atoms with E-state index >= 15 is 0 Å². The van der Waals surface area contributed by atoms with Gasteiger partial charge in [0.1, 0.15) is 5.56 Å². The molecule has 5 heteroatoms. The van der Waals surface area contributed by atoms with Gasteiger partial charge in [0.05, 0.1) is 5.52 Å². The third kappa shape index (κ3) is 2.97. The molecule has 4 nitrogen and oxygen atoms in total. The fraction of sp³-hybridized carbons (Fsp3) is 0.238. The van der Waals surface area contributed by atoms with E-state index in [2.05, 4.69) is 38.8 Å². The fourth-order valence-corrected chi connectivity index (χ4v) is 4.19. The first-order valence-electron chi connectivity index (χ1n) is 8.74. The summed E-state index contributed by atoms with van der Waals surface area (Å²) in [4.78, 5) is 25.5. The summed E-state index contributed by atoms with van der Waals surface area (Å²) in [6, 6.07) is 14.1. The van der Waals surface area contributed by atoms with Gasteiger partial charge in [0.25, 0.3) is 5.91 Å². The highest BCUT2D eigenvalue weighted by Crippen LogP contribution is 2.33. The molecule has 1 aliphatic heterocycles. The standard InChI is InChI=1S/C21H19BrN2O2/c1-13-9-15-10-16(22)11-17-19(15)24(13)12-18(20(17)25)21(26)23-8-7-14-5-3-2-4-6-14/h2-6,10-13H,7-9H2,1H3,(H,23,26)/t13-/m1/s1. The molecule has 1 atom stereocenters. The highest BCUT2D eigenvalue weighted by molar-refractivity contribution is 9.10. The normalized spacial score (nSPS) is 15.4. The highest BCUT2D eigenvalue weighted by Gasteiger charge is 2.25. The number of carbonyl (C=O) groups excluding carboxylic acids is 1. The second kappa shape index (κ2) is 6.72. The van der Waals surface area contributed by atoms with E-state index in [1.54, 1.807) is 6.20 Å². The zero-order valence-corrected chi connectivity index (χ0v) is 16.0. The number of nitrogens with one attached hydrogen (secondary N) is 1. The molecular weight excluding hydrogens is 392 g/mol. The van der Waals surface area contributed by atoms with Crippen molar-refractivity contribution in [3.05, 3.63) is 80.0 Å². The van der Waals surface area contributed by atoms with E-state index < -0.39 is 0 Å². The lowest BCUT2D eigenvalue weighted by Gasteiger charge is -2.13. The van der Waals surface area contributed by atoms with E-state index in [0.717, 1.165) is 34.0 Å². The third-order valence-corrected chi connectivity index (χ3v) is 5.40. The minimum Gasteiger partial charge on any atom is -0.352 e. The number of hydrogen-bond acceptors (Lipinski definition) is 2. The Hall–Kier alpha value is -2.40. The van der Waals surface area contributed by atoms with Crippen molar-refractivity contribution in [2.75, 3.05) is 6.54 Å². The molecule has 2 aromatic carbocycles. The van der Waals surface area contributed by atoms with E-state index in [-0.39, 0.29) is 22.9 Å². The Bertz CT molecular complexity index is 1060. The third-order valence-electron chi connectivity index (χ3n) is 4.95. The van der Waals surface area contributed by atoms with Gasteiger partial charge in [-0.2, -0.15) is 0 Å². The molecular formula is C21H19BrN2O2. The molecule has 0 radical (unpaired) electrons. The molecule has 0 saturated heterocycles. The van der Waals surface area contributed by atoms with Gasteiger partial charge >= 0.3 is 0 Å². The Morgan fingerprint density at radius 2 is 2.04 bits per heavy atom. The molecule has 132 valence electrons. The molecule has 0 unspecified atom stereocenters. The van der Waals surface area contributed by atoms with Crippen LogP contribution in [-0.2, 0) is 12.8 Å². The first kappa shape index (κ1) is 17.0. The fourth-order valence-electron chi connectivity index (χ4n) is 3.68.